The minimum Gasteiger partial charge on any atom is -0.497 e. The Hall–Kier alpha value is -2.20. The number of nitrogens with zero attached hydrogens (tertiary/aromatic N) is 1. The second-order valence-corrected chi connectivity index (χ2v) is 5.87. The maximum atomic E-state index is 10.6. The van der Waals surface area contributed by atoms with Gasteiger partial charge in [0.25, 0.3) is 0 Å². The summed E-state index contributed by atoms with van der Waals surface area (Å²) >= 11 is 0. The third-order valence-corrected chi connectivity index (χ3v) is 4.63. The highest BCUT2D eigenvalue weighted by Gasteiger charge is 2.35. The van der Waals surface area contributed by atoms with Crippen molar-refractivity contribution in [2.24, 2.45) is 0 Å². The molecule has 4 nitrogen and oxygen atoms in total. The molecule has 1 N–H and O–H groups in total. The number of rotatable bonds is 4. The summed E-state index contributed by atoms with van der Waals surface area (Å²) in [6.45, 7) is 2.88. The van der Waals surface area contributed by atoms with E-state index >= 15 is 0 Å². The van der Waals surface area contributed by atoms with Crippen LogP contribution in [0.15, 0.2) is 42.5 Å². The quantitative estimate of drug-likeness (QED) is 0.940. The summed E-state index contributed by atoms with van der Waals surface area (Å²) in [5.41, 5.74) is 3.29. The van der Waals surface area contributed by atoms with Crippen LogP contribution < -0.4 is 14.4 Å². The Morgan fingerprint density at radius 1 is 1.04 bits per heavy atom. The van der Waals surface area contributed by atoms with Crippen molar-refractivity contribution in [3.05, 3.63) is 53.6 Å². The van der Waals surface area contributed by atoms with Crippen molar-refractivity contribution in [2.45, 2.75) is 25.5 Å². The second-order valence-electron chi connectivity index (χ2n) is 5.87. The molecule has 2 aromatic rings. The first-order valence-corrected chi connectivity index (χ1v) is 7.88. The van der Waals surface area contributed by atoms with E-state index in [9.17, 15) is 5.11 Å². The van der Waals surface area contributed by atoms with E-state index in [0.29, 0.717) is 0 Å². The fourth-order valence-electron chi connectivity index (χ4n) is 3.39. The molecular weight excluding hydrogens is 290 g/mol. The molecule has 1 fully saturated rings. The van der Waals surface area contributed by atoms with Gasteiger partial charge in [0.2, 0.25) is 0 Å². The van der Waals surface area contributed by atoms with Gasteiger partial charge in [0, 0.05) is 12.2 Å². The first-order chi connectivity index (χ1) is 11.2. The summed E-state index contributed by atoms with van der Waals surface area (Å²) in [5, 5.41) is 10.6. The lowest BCUT2D eigenvalue weighted by Gasteiger charge is -2.30. The molecule has 3 rings (SSSR count). The lowest BCUT2D eigenvalue weighted by Crippen LogP contribution is -2.27. The average molecular weight is 313 g/mol. The second kappa shape index (κ2) is 6.50. The Labute approximate surface area is 137 Å². The number of benzene rings is 2. The highest BCUT2D eigenvalue weighted by atomic mass is 16.5. The summed E-state index contributed by atoms with van der Waals surface area (Å²) in [7, 11) is 3.34. The molecule has 122 valence electrons. The Balaban J connectivity index is 1.98. The van der Waals surface area contributed by atoms with Gasteiger partial charge in [0.1, 0.15) is 11.5 Å². The van der Waals surface area contributed by atoms with Crippen molar-refractivity contribution < 1.29 is 14.6 Å². The van der Waals surface area contributed by atoms with Crippen LogP contribution in [0.5, 0.6) is 11.5 Å². The normalized spacial score (nSPS) is 20.6. The number of hydrogen-bond acceptors (Lipinski definition) is 4. The van der Waals surface area contributed by atoms with Gasteiger partial charge in [-0.1, -0.05) is 12.1 Å². The molecule has 4 heteroatoms. The first-order valence-electron chi connectivity index (χ1n) is 7.88. The van der Waals surface area contributed by atoms with E-state index in [1.54, 1.807) is 14.2 Å². The molecule has 0 radical (unpaired) electrons. The van der Waals surface area contributed by atoms with E-state index < -0.39 is 0 Å². The first kappa shape index (κ1) is 15.7. The minimum absolute atomic E-state index is 0.0569. The number of ether oxygens (including phenoxy) is 2. The van der Waals surface area contributed by atoms with Gasteiger partial charge in [-0.15, -0.1) is 0 Å². The van der Waals surface area contributed by atoms with Crippen molar-refractivity contribution in [3.8, 4) is 11.5 Å². The minimum atomic E-state index is -0.386. The highest BCUT2D eigenvalue weighted by molar-refractivity contribution is 5.54. The maximum absolute atomic E-state index is 10.6. The molecule has 0 amide bonds. The fourth-order valence-corrected chi connectivity index (χ4v) is 3.39. The number of aliphatic hydroxyl groups excluding tert-OH is 1. The van der Waals surface area contributed by atoms with E-state index in [0.717, 1.165) is 41.3 Å². The predicted octanol–water partition coefficient (Wildman–Crippen LogP) is 3.32. The van der Waals surface area contributed by atoms with Gasteiger partial charge in [-0.2, -0.15) is 0 Å². The summed E-state index contributed by atoms with van der Waals surface area (Å²) in [4.78, 5) is 2.26. The van der Waals surface area contributed by atoms with Gasteiger partial charge in [-0.3, -0.25) is 0 Å². The average Bonchev–Trinajstić information content (AvgIpc) is 2.96. The molecule has 0 aliphatic carbocycles. The summed E-state index contributed by atoms with van der Waals surface area (Å²) in [5.74, 6) is 1.69. The monoisotopic (exact) mass is 313 g/mol. The Kier molecular flexibility index (Phi) is 4.44. The molecule has 23 heavy (non-hydrogen) atoms. The van der Waals surface area contributed by atoms with Crippen LogP contribution in [0.4, 0.5) is 5.69 Å². The van der Waals surface area contributed by atoms with Crippen LogP contribution in [0.2, 0.25) is 0 Å². The lowest BCUT2D eigenvalue weighted by molar-refractivity contribution is 0.164. The van der Waals surface area contributed by atoms with Crippen LogP contribution in [-0.4, -0.2) is 32.0 Å². The zero-order chi connectivity index (χ0) is 16.4. The van der Waals surface area contributed by atoms with E-state index in [1.807, 2.05) is 43.3 Å². The van der Waals surface area contributed by atoms with Crippen molar-refractivity contribution in [1.82, 2.24) is 0 Å². The standard InChI is InChI=1S/C19H23NO3/c1-13-16(5-4-6-18(13)23-3)19-17(21)11-12-20(19)14-7-9-15(22-2)10-8-14/h4-10,17,19,21H,11-12H2,1-3H3/t17-,19-/m1/s1. The maximum Gasteiger partial charge on any atom is 0.122 e. The molecule has 1 heterocycles. The Morgan fingerprint density at radius 2 is 1.78 bits per heavy atom. The third-order valence-electron chi connectivity index (χ3n) is 4.63. The van der Waals surface area contributed by atoms with Crippen molar-refractivity contribution in [1.29, 1.82) is 0 Å². The Bertz CT molecular complexity index is 669. The molecule has 0 aromatic heterocycles. The molecule has 0 saturated carbocycles. The van der Waals surface area contributed by atoms with Gasteiger partial charge < -0.3 is 19.5 Å². The van der Waals surface area contributed by atoms with Crippen molar-refractivity contribution in [2.75, 3.05) is 25.7 Å². The smallest absolute Gasteiger partial charge is 0.122 e. The van der Waals surface area contributed by atoms with Crippen molar-refractivity contribution >= 4 is 5.69 Å². The largest absolute Gasteiger partial charge is 0.497 e. The molecule has 0 bridgehead atoms. The molecular formula is C19H23NO3. The van der Waals surface area contributed by atoms with Gasteiger partial charge in [-0.05, 0) is 54.8 Å². The number of aliphatic hydroxyl groups is 1. The number of hydrogen-bond donors (Lipinski definition) is 1. The predicted molar refractivity (Wildman–Crippen MR) is 91.4 cm³/mol. The molecule has 1 aliphatic heterocycles. The van der Waals surface area contributed by atoms with Crippen LogP contribution in [0.1, 0.15) is 23.6 Å². The summed E-state index contributed by atoms with van der Waals surface area (Å²) in [6, 6.07) is 14.0. The number of anilines is 1. The Morgan fingerprint density at radius 3 is 2.43 bits per heavy atom. The van der Waals surface area contributed by atoms with Crippen LogP contribution >= 0.6 is 0 Å². The molecule has 2 atom stereocenters. The zero-order valence-corrected chi connectivity index (χ0v) is 13.8. The number of methoxy groups -OCH3 is 2. The molecule has 1 saturated heterocycles. The van der Waals surface area contributed by atoms with E-state index in [1.165, 1.54) is 0 Å². The molecule has 0 spiro atoms. The highest BCUT2D eigenvalue weighted by Crippen LogP contribution is 2.39. The van der Waals surface area contributed by atoms with Gasteiger partial charge in [-0.25, -0.2) is 0 Å². The zero-order valence-electron chi connectivity index (χ0n) is 13.8. The molecule has 0 unspecified atom stereocenters. The van der Waals surface area contributed by atoms with Crippen molar-refractivity contribution in [3.63, 3.8) is 0 Å². The topological polar surface area (TPSA) is 41.9 Å². The van der Waals surface area contributed by atoms with Crippen LogP contribution in [0, 0.1) is 6.92 Å². The molecule has 2 aromatic carbocycles. The molecule has 1 aliphatic rings. The van der Waals surface area contributed by atoms with Crippen LogP contribution in [0.25, 0.3) is 0 Å². The lowest BCUT2D eigenvalue weighted by atomic mass is 9.96. The van der Waals surface area contributed by atoms with Gasteiger partial charge >= 0.3 is 0 Å². The van der Waals surface area contributed by atoms with E-state index in [4.69, 9.17) is 9.47 Å². The van der Waals surface area contributed by atoms with E-state index in [-0.39, 0.29) is 12.1 Å². The van der Waals surface area contributed by atoms with Gasteiger partial charge in [0.05, 0.1) is 26.4 Å². The SMILES string of the molecule is COc1ccc(N2CC[C@@H](O)[C@H]2c2cccc(OC)c2C)cc1. The fraction of sp³-hybridized carbons (Fsp3) is 0.368. The van der Waals surface area contributed by atoms with E-state index in [2.05, 4.69) is 11.0 Å². The van der Waals surface area contributed by atoms with Gasteiger partial charge in [0.15, 0.2) is 0 Å². The summed E-state index contributed by atoms with van der Waals surface area (Å²) in [6.07, 6.45) is 0.371. The van der Waals surface area contributed by atoms with Crippen LogP contribution in [0.3, 0.4) is 0 Å². The van der Waals surface area contributed by atoms with Crippen LogP contribution in [-0.2, 0) is 0 Å². The third kappa shape index (κ3) is 2.86. The summed E-state index contributed by atoms with van der Waals surface area (Å²) < 4.78 is 10.7.